The van der Waals surface area contributed by atoms with Crippen LogP contribution in [0.15, 0.2) is 298 Å². The average Bonchev–Trinajstić information content (AvgIpc) is 1.55. The highest BCUT2D eigenvalue weighted by Gasteiger charge is 2.32. The van der Waals surface area contributed by atoms with Gasteiger partial charge in [-0.15, -0.1) is 0 Å². The van der Waals surface area contributed by atoms with Crippen LogP contribution < -0.4 is 0 Å². The van der Waals surface area contributed by atoms with Crippen LogP contribution in [-0.4, -0.2) is 29.1 Å². The van der Waals surface area contributed by atoms with Crippen molar-refractivity contribution >= 4 is 49.3 Å². The Hall–Kier alpha value is -12.8. The van der Waals surface area contributed by atoms with E-state index in [1.165, 1.54) is 6.07 Å². The smallest absolute Gasteiger partial charge is 0.307 e. The molecule has 0 saturated heterocycles. The Labute approximate surface area is 538 Å². The summed E-state index contributed by atoms with van der Waals surface area (Å²) in [7, 11) is 0. The quantitative estimate of drug-likeness (QED) is 0.120. The van der Waals surface area contributed by atoms with Gasteiger partial charge in [-0.05, 0) is 107 Å². The molecule has 0 aliphatic carbocycles. The second-order valence-electron chi connectivity index (χ2n) is 23.2. The number of aromatic nitrogens is 6. The molecule has 0 fully saturated rings. The number of pyridine rings is 4. The van der Waals surface area contributed by atoms with E-state index in [-0.39, 0.29) is 22.4 Å². The lowest BCUT2D eigenvalue weighted by Gasteiger charge is -2.21. The zero-order valence-corrected chi connectivity index (χ0v) is 50.0. The monoisotopic (exact) mass is 1210 g/mol. The minimum absolute atomic E-state index is 0.0613. The van der Waals surface area contributed by atoms with E-state index >= 15 is 13.2 Å². The molecule has 6 aromatic heterocycles. The highest BCUT2D eigenvalue weighted by Crippen LogP contribution is 2.46. The van der Waals surface area contributed by atoms with E-state index in [0.29, 0.717) is 11.4 Å². The average molecular weight is 1220 g/mol. The Morgan fingerprint density at radius 1 is 0.330 bits per heavy atom. The van der Waals surface area contributed by atoms with E-state index in [1.54, 1.807) is 6.07 Å². The molecule has 0 spiro atoms. The van der Waals surface area contributed by atoms with Crippen LogP contribution in [0.25, 0.3) is 160 Å². The minimum atomic E-state index is -4.81. The standard InChI is InChI=1S/C83H49F3N8/c1-88-67-39-64(38-66(45-67)83(84,85)86)72-46-82(94-79-42-58(62-28-36-75(91-50-62)54-18-10-4-11-19-54)24-32-70(79)71-33-25-59(43-80(71)94)63-29-37-76(92-51-63)55-20-12-5-13-21-55)81(44-65(72)47-87)93-77-40-56(60-26-34-73(89-48-60)52-14-6-2-7-15-52)22-30-68(77)69-31-23-57(41-78(69)93)61-27-35-74(90-49-61)53-16-8-3-9-17-53/h2-46,48-51H. The van der Waals surface area contributed by atoms with E-state index in [0.717, 1.165) is 145 Å². The van der Waals surface area contributed by atoms with Crippen LogP contribution >= 0.6 is 0 Å². The van der Waals surface area contributed by atoms with Gasteiger partial charge in [0, 0.05) is 102 Å². The lowest BCUT2D eigenvalue weighted by atomic mass is 9.95. The molecule has 0 aliphatic rings. The Morgan fingerprint density at radius 3 is 0.936 bits per heavy atom. The summed E-state index contributed by atoms with van der Waals surface area (Å²) in [4.78, 5) is 23.3. The number of hydrogen-bond donors (Lipinski definition) is 0. The highest BCUT2D eigenvalue weighted by atomic mass is 19.4. The number of benzene rings is 10. The van der Waals surface area contributed by atoms with Crippen LogP contribution in [0.1, 0.15) is 11.1 Å². The van der Waals surface area contributed by atoms with Crippen LogP contribution in [0.4, 0.5) is 18.9 Å². The van der Waals surface area contributed by atoms with Gasteiger partial charge in [-0.2, -0.15) is 18.4 Å². The lowest BCUT2D eigenvalue weighted by molar-refractivity contribution is -0.137. The van der Waals surface area contributed by atoms with Crippen LogP contribution in [0.2, 0.25) is 0 Å². The minimum Gasteiger partial charge on any atom is -0.307 e. The molecule has 0 saturated carbocycles. The van der Waals surface area contributed by atoms with Gasteiger partial charge in [0.25, 0.3) is 0 Å². The van der Waals surface area contributed by atoms with Crippen molar-refractivity contribution in [2.24, 2.45) is 0 Å². The van der Waals surface area contributed by atoms with Gasteiger partial charge < -0.3 is 9.13 Å². The largest absolute Gasteiger partial charge is 0.415 e. The van der Waals surface area contributed by atoms with Crippen LogP contribution in [0.5, 0.6) is 0 Å². The third-order valence-electron chi connectivity index (χ3n) is 17.6. The van der Waals surface area contributed by atoms with Crippen molar-refractivity contribution in [3.63, 3.8) is 0 Å². The molecular weight excluding hydrogens is 1170 g/mol. The molecular formula is C83H49F3N8. The Morgan fingerprint density at radius 2 is 0.649 bits per heavy atom. The maximum atomic E-state index is 15.1. The van der Waals surface area contributed by atoms with Gasteiger partial charge in [0.2, 0.25) is 0 Å². The SMILES string of the molecule is [C-]#[N+]c1cc(-c2cc(-n3c4cc(-c5ccc(-c6ccccc6)nc5)ccc4c4ccc(-c5ccc(-c6ccccc6)nc5)cc43)c(-n3c4cc(-c5ccc(-c6ccccc6)nc5)ccc4c4ccc(-c5ccc(-c6ccccc6)nc5)cc43)cc2C#N)cc(C(F)(F)F)c1. The molecule has 0 unspecified atom stereocenters. The van der Waals surface area contributed by atoms with Crippen molar-refractivity contribution in [2.75, 3.05) is 0 Å². The van der Waals surface area contributed by atoms with Gasteiger partial charge in [0.15, 0.2) is 5.69 Å². The Balaban J connectivity index is 0.998. The van der Waals surface area contributed by atoms with Gasteiger partial charge in [-0.25, -0.2) is 4.85 Å². The lowest BCUT2D eigenvalue weighted by Crippen LogP contribution is -2.07. The molecule has 0 aliphatic heterocycles. The van der Waals surface area contributed by atoms with Crippen molar-refractivity contribution in [3.05, 3.63) is 320 Å². The fourth-order valence-corrected chi connectivity index (χ4v) is 12.9. The van der Waals surface area contributed by atoms with Crippen molar-refractivity contribution in [1.29, 1.82) is 5.26 Å². The number of nitriles is 1. The second-order valence-corrected chi connectivity index (χ2v) is 23.2. The zero-order chi connectivity index (χ0) is 63.4. The van der Waals surface area contributed by atoms with Gasteiger partial charge in [-0.1, -0.05) is 194 Å². The van der Waals surface area contributed by atoms with Crippen molar-refractivity contribution in [1.82, 2.24) is 29.1 Å². The van der Waals surface area contributed by atoms with Crippen LogP contribution in [-0.2, 0) is 6.18 Å². The topological polar surface area (TPSA) is 89.6 Å². The van der Waals surface area contributed by atoms with Gasteiger partial charge in [0.1, 0.15) is 0 Å². The summed E-state index contributed by atoms with van der Waals surface area (Å²) in [5.41, 5.74) is 17.6. The number of hydrogen-bond acceptors (Lipinski definition) is 5. The first kappa shape index (κ1) is 56.4. The van der Waals surface area contributed by atoms with E-state index in [1.807, 2.05) is 176 Å². The van der Waals surface area contributed by atoms with Crippen LogP contribution in [0, 0.1) is 17.9 Å². The van der Waals surface area contributed by atoms with Gasteiger partial charge in [0.05, 0.1) is 74.4 Å². The predicted octanol–water partition coefficient (Wildman–Crippen LogP) is 21.9. The van der Waals surface area contributed by atoms with E-state index in [4.69, 9.17) is 26.5 Å². The molecule has 10 aromatic carbocycles. The first-order valence-electron chi connectivity index (χ1n) is 30.5. The molecule has 6 heterocycles. The molecule has 0 radical (unpaired) electrons. The summed E-state index contributed by atoms with van der Waals surface area (Å²) in [6, 6.07) is 91.1. The van der Waals surface area contributed by atoms with Crippen molar-refractivity contribution in [2.45, 2.75) is 6.18 Å². The molecule has 16 rings (SSSR count). The van der Waals surface area contributed by atoms with Crippen molar-refractivity contribution in [3.8, 4) is 118 Å². The molecule has 11 heteroatoms. The predicted molar refractivity (Wildman–Crippen MR) is 371 cm³/mol. The molecule has 442 valence electrons. The van der Waals surface area contributed by atoms with E-state index < -0.39 is 11.7 Å². The third-order valence-corrected chi connectivity index (χ3v) is 17.6. The number of fused-ring (bicyclic) bond motifs is 6. The highest BCUT2D eigenvalue weighted by molar-refractivity contribution is 6.14. The number of alkyl halides is 3. The van der Waals surface area contributed by atoms with Crippen molar-refractivity contribution < 1.29 is 13.2 Å². The normalized spacial score (nSPS) is 11.5. The summed E-state index contributed by atoms with van der Waals surface area (Å²) < 4.78 is 49.5. The second kappa shape index (κ2) is 23.2. The fourth-order valence-electron chi connectivity index (χ4n) is 12.9. The van der Waals surface area contributed by atoms with E-state index in [9.17, 15) is 5.26 Å². The maximum Gasteiger partial charge on any atom is 0.415 e. The summed E-state index contributed by atoms with van der Waals surface area (Å²) >= 11 is 0. The molecule has 0 atom stereocenters. The van der Waals surface area contributed by atoms with Crippen LogP contribution in [0.3, 0.4) is 0 Å². The third kappa shape index (κ3) is 10.3. The maximum absolute atomic E-state index is 15.1. The molecule has 16 aromatic rings. The van der Waals surface area contributed by atoms with Gasteiger partial charge in [-0.3, -0.25) is 19.9 Å². The molecule has 8 nitrogen and oxygen atoms in total. The summed E-state index contributed by atoms with van der Waals surface area (Å²) in [6.45, 7) is 8.04. The molecule has 0 bridgehead atoms. The molecule has 94 heavy (non-hydrogen) atoms. The first-order valence-corrected chi connectivity index (χ1v) is 30.5. The number of rotatable bonds is 11. The van der Waals surface area contributed by atoms with Gasteiger partial charge >= 0.3 is 6.18 Å². The number of nitrogens with zero attached hydrogens (tertiary/aromatic N) is 8. The molecule has 0 amide bonds. The summed E-state index contributed by atoms with van der Waals surface area (Å²) in [6.07, 6.45) is 2.70. The first-order chi connectivity index (χ1) is 46.1. The molecule has 0 N–H and O–H groups in total. The summed E-state index contributed by atoms with van der Waals surface area (Å²) in [5, 5.41) is 15.2. The zero-order valence-electron chi connectivity index (χ0n) is 50.0. The summed E-state index contributed by atoms with van der Waals surface area (Å²) in [5.74, 6) is 0. The van der Waals surface area contributed by atoms with E-state index in [2.05, 4.69) is 117 Å². The fraction of sp³-hybridized carbons (Fsp3) is 0.0120. The Kier molecular flexibility index (Phi) is 13.9. The number of halogens is 3. The Bertz CT molecular complexity index is 5400.